The fraction of sp³-hybridized carbons (Fsp3) is 0.375. The minimum atomic E-state index is -4.31. The summed E-state index contributed by atoms with van der Waals surface area (Å²) in [5.74, 6) is -0.693. The van der Waals surface area contributed by atoms with E-state index in [-0.39, 0.29) is 18.7 Å². The lowest BCUT2D eigenvalue weighted by molar-refractivity contribution is -0.255. The number of carboxylic acids is 1. The summed E-state index contributed by atoms with van der Waals surface area (Å²) in [7, 11) is 0. The van der Waals surface area contributed by atoms with Gasteiger partial charge in [-0.1, -0.05) is 24.3 Å². The lowest BCUT2D eigenvalue weighted by Gasteiger charge is -2.34. The number of hydrogen-bond acceptors (Lipinski definition) is 4. The van der Waals surface area contributed by atoms with Crippen molar-refractivity contribution in [1.29, 1.82) is 0 Å². The van der Waals surface area contributed by atoms with Gasteiger partial charge in [0.25, 0.3) is 0 Å². The monoisotopic (exact) mass is 602 g/mol. The number of carbonyl (C=O) groups is 1. The molecular weight excluding hydrogens is 574 g/mol. The van der Waals surface area contributed by atoms with Gasteiger partial charge in [0.15, 0.2) is 6.54 Å². The third-order valence-electron chi connectivity index (χ3n) is 8.30. The zero-order valence-electron chi connectivity index (χ0n) is 23.1. The van der Waals surface area contributed by atoms with Crippen molar-refractivity contribution in [2.75, 3.05) is 31.1 Å². The number of aromatic carboxylic acids is 1. The highest BCUT2D eigenvalue weighted by Gasteiger charge is 2.33. The first-order chi connectivity index (χ1) is 20.4. The number of ether oxygens (including phenoxy) is 1. The van der Waals surface area contributed by atoms with Gasteiger partial charge >= 0.3 is 12.4 Å². The van der Waals surface area contributed by atoms with Gasteiger partial charge in [-0.25, -0.2) is 4.58 Å². The van der Waals surface area contributed by atoms with Gasteiger partial charge in [-0.05, 0) is 42.5 Å². The summed E-state index contributed by atoms with van der Waals surface area (Å²) in [5, 5.41) is 13.4. The molecule has 3 aromatic rings. The Balaban J connectivity index is 1.58. The second-order valence-electron chi connectivity index (χ2n) is 11.2. The smallest absolute Gasteiger partial charge is 0.395 e. The van der Waals surface area contributed by atoms with Gasteiger partial charge in [0.05, 0.1) is 18.5 Å². The number of nitrogens with zero attached hydrogens (tertiary/aromatic N) is 2. The zero-order chi connectivity index (χ0) is 30.5. The summed E-state index contributed by atoms with van der Waals surface area (Å²) >= 11 is 0. The average Bonchev–Trinajstić information content (AvgIpc) is 2.95. The maximum atomic E-state index is 13.1. The maximum absolute atomic E-state index is 13.1. The molecule has 226 valence electrons. The Hall–Kier alpha value is -4.02. The summed E-state index contributed by atoms with van der Waals surface area (Å²) in [6.07, 6.45) is -7.98. The predicted octanol–water partition coefficient (Wildman–Crippen LogP) is 4.50. The number of carboxylic acid groups (broad SMARTS) is 1. The van der Waals surface area contributed by atoms with Crippen LogP contribution in [0.4, 0.5) is 32.0 Å². The molecule has 6 rings (SSSR count). The van der Waals surface area contributed by atoms with Crippen LogP contribution in [0.15, 0.2) is 48.5 Å². The molecule has 0 saturated carbocycles. The van der Waals surface area contributed by atoms with Gasteiger partial charge in [0.2, 0.25) is 5.36 Å². The standard InChI is InChI=1S/C32H28F6N2O3/c33-31(34,35)9-13-39-11-3-5-19-15-23-27(17-25(19)39)43-28-18-26-20(6-4-12-40(26)14-10-32(36,37)38)16-24(28)29(23)21-7-1-2-8-22(21)30(41)42/h1-2,7-8,15-18H,3-6,9-14H2. The second-order valence-corrected chi connectivity index (χ2v) is 11.2. The van der Waals surface area contributed by atoms with Crippen LogP contribution >= 0.6 is 0 Å². The fourth-order valence-electron chi connectivity index (χ4n) is 6.36. The van der Waals surface area contributed by atoms with E-state index in [2.05, 4.69) is 0 Å². The highest BCUT2D eigenvalue weighted by atomic mass is 19.4. The van der Waals surface area contributed by atoms with E-state index in [0.717, 1.165) is 11.1 Å². The molecule has 3 aliphatic heterocycles. The summed E-state index contributed by atoms with van der Waals surface area (Å²) < 4.78 is 86.6. The number of alkyl halides is 6. The quantitative estimate of drug-likeness (QED) is 0.241. The van der Waals surface area contributed by atoms with E-state index < -0.39 is 31.2 Å². The molecule has 43 heavy (non-hydrogen) atoms. The van der Waals surface area contributed by atoms with E-state index in [1.165, 1.54) is 6.07 Å². The van der Waals surface area contributed by atoms with Crippen molar-refractivity contribution in [3.05, 3.63) is 86.9 Å². The van der Waals surface area contributed by atoms with E-state index in [4.69, 9.17) is 4.74 Å². The summed E-state index contributed by atoms with van der Waals surface area (Å²) in [6.45, 7) is 0.476. The summed E-state index contributed by atoms with van der Waals surface area (Å²) in [4.78, 5) is 13.9. The lowest BCUT2D eigenvalue weighted by Crippen LogP contribution is -2.40. The van der Waals surface area contributed by atoms with Crippen LogP contribution in [0.2, 0.25) is 0 Å². The maximum Gasteiger partial charge on any atom is 0.395 e. The molecule has 11 heteroatoms. The molecule has 0 N–H and O–H groups in total. The van der Waals surface area contributed by atoms with Gasteiger partial charge in [0, 0.05) is 58.7 Å². The number of fused-ring (bicyclic) bond motifs is 4. The Bertz CT molecular complexity index is 1730. The number of aryl methyl sites for hydroxylation is 2. The van der Waals surface area contributed by atoms with Crippen LogP contribution < -0.4 is 29.9 Å². The van der Waals surface area contributed by atoms with Crippen LogP contribution in [-0.2, 0) is 12.8 Å². The molecule has 3 heterocycles. The van der Waals surface area contributed by atoms with Crippen LogP contribution in [0.5, 0.6) is 11.5 Å². The molecule has 5 nitrogen and oxygen atoms in total. The Morgan fingerprint density at radius 2 is 1.63 bits per heavy atom. The number of benzene rings is 3. The highest BCUT2D eigenvalue weighted by molar-refractivity contribution is 5.97. The first kappa shape index (κ1) is 29.1. The molecule has 0 bridgehead atoms. The number of rotatable bonds is 6. The average molecular weight is 603 g/mol. The van der Waals surface area contributed by atoms with E-state index in [0.29, 0.717) is 83.2 Å². The van der Waals surface area contributed by atoms with Gasteiger partial charge in [-0.3, -0.25) is 0 Å². The van der Waals surface area contributed by atoms with E-state index in [1.807, 2.05) is 12.1 Å². The Morgan fingerprint density at radius 3 is 2.37 bits per heavy atom. The molecule has 0 aromatic heterocycles. The number of hydrogen-bond donors (Lipinski definition) is 0. The summed E-state index contributed by atoms with van der Waals surface area (Å²) in [5.41, 5.74) is 3.81. The van der Waals surface area contributed by atoms with Crippen molar-refractivity contribution >= 4 is 17.2 Å². The van der Waals surface area contributed by atoms with Gasteiger partial charge in [0.1, 0.15) is 24.5 Å². The number of anilines is 1. The van der Waals surface area contributed by atoms with Crippen LogP contribution in [0, 0.1) is 0 Å². The van der Waals surface area contributed by atoms with Crippen LogP contribution in [0.25, 0.3) is 5.57 Å². The van der Waals surface area contributed by atoms with Crippen molar-refractivity contribution < 1.29 is 41.0 Å². The minimum absolute atomic E-state index is 0.0367. The van der Waals surface area contributed by atoms with Crippen LogP contribution in [-0.4, -0.2) is 44.5 Å². The molecule has 3 aliphatic rings. The molecular formula is C32H28F6N2O3. The molecule has 0 spiro atoms. The van der Waals surface area contributed by atoms with Crippen LogP contribution in [0.3, 0.4) is 0 Å². The zero-order valence-corrected chi connectivity index (χ0v) is 23.1. The van der Waals surface area contributed by atoms with E-state index >= 15 is 0 Å². The predicted molar refractivity (Wildman–Crippen MR) is 146 cm³/mol. The Morgan fingerprint density at radius 1 is 0.884 bits per heavy atom. The Labute approximate surface area is 243 Å². The normalized spacial score (nSPS) is 16.2. The van der Waals surface area contributed by atoms with Crippen molar-refractivity contribution in [2.45, 2.75) is 50.9 Å². The van der Waals surface area contributed by atoms with Crippen LogP contribution in [0.1, 0.15) is 58.3 Å². The molecule has 0 saturated heterocycles. The van der Waals surface area contributed by atoms with E-state index in [9.17, 15) is 36.2 Å². The molecule has 0 amide bonds. The molecule has 3 aromatic carbocycles. The second kappa shape index (κ2) is 10.9. The van der Waals surface area contributed by atoms with Crippen molar-refractivity contribution in [3.63, 3.8) is 0 Å². The van der Waals surface area contributed by atoms with Gasteiger partial charge < -0.3 is 19.5 Å². The van der Waals surface area contributed by atoms with Crippen molar-refractivity contribution in [2.24, 2.45) is 0 Å². The topological polar surface area (TPSA) is 55.6 Å². The molecule has 0 radical (unpaired) electrons. The van der Waals surface area contributed by atoms with Gasteiger partial charge in [-0.2, -0.15) is 26.3 Å². The number of halogens is 6. The third-order valence-corrected chi connectivity index (χ3v) is 8.30. The third kappa shape index (κ3) is 5.94. The number of carbonyl (C=O) groups excluding carboxylic acids is 1. The first-order valence-electron chi connectivity index (χ1n) is 14.2. The molecule has 0 fully saturated rings. The fourth-order valence-corrected chi connectivity index (χ4v) is 6.36. The highest BCUT2D eigenvalue weighted by Crippen LogP contribution is 2.43. The first-order valence-corrected chi connectivity index (χ1v) is 14.2. The summed E-state index contributed by atoms with van der Waals surface area (Å²) in [6, 6.07) is 13.5. The van der Waals surface area contributed by atoms with Gasteiger partial charge in [-0.15, -0.1) is 0 Å². The Kier molecular flexibility index (Phi) is 7.38. The van der Waals surface area contributed by atoms with Crippen molar-refractivity contribution in [3.8, 4) is 11.5 Å². The largest absolute Gasteiger partial charge is 0.545 e. The SMILES string of the molecule is O=C([O-])c1ccccc1C1=c2cc3c(cc2Oc2cc4c(cc21)CCCN4CCC(F)(F)F)=[N+](CCC(F)(F)F)CCC3. The molecule has 0 aliphatic carbocycles. The van der Waals surface area contributed by atoms with Crippen molar-refractivity contribution in [1.82, 2.24) is 4.58 Å². The molecule has 0 unspecified atom stereocenters. The minimum Gasteiger partial charge on any atom is -0.545 e. The van der Waals surface area contributed by atoms with E-state index in [1.54, 1.807) is 39.8 Å². The lowest BCUT2D eigenvalue weighted by atomic mass is 9.86. The molecule has 0 atom stereocenters.